The van der Waals surface area contributed by atoms with E-state index in [1.165, 1.54) is 23.9 Å². The number of nitrogens with zero attached hydrogens (tertiary/aromatic N) is 2. The molecular weight excluding hydrogens is 755 g/mol. The summed E-state index contributed by atoms with van der Waals surface area (Å²) in [6.45, 7) is 5.74. The average molecular weight is 800 g/mol. The van der Waals surface area contributed by atoms with Crippen LogP contribution in [0.5, 0.6) is 11.5 Å². The van der Waals surface area contributed by atoms with Crippen molar-refractivity contribution in [3.8, 4) is 22.8 Å². The highest BCUT2D eigenvalue weighted by Gasteiger charge is 2.26. The Labute approximate surface area is 328 Å². The molecule has 0 radical (unpaired) electrons. The molecular formula is C39H44Cl2N4O8S. The van der Waals surface area contributed by atoms with Crippen LogP contribution in [-0.4, -0.2) is 67.4 Å². The van der Waals surface area contributed by atoms with E-state index in [0.717, 1.165) is 5.56 Å². The number of benzene rings is 3. The zero-order valence-electron chi connectivity index (χ0n) is 30.4. The van der Waals surface area contributed by atoms with E-state index in [0.29, 0.717) is 76.6 Å². The molecule has 0 unspecified atom stereocenters. The second-order valence-corrected chi connectivity index (χ2v) is 15.3. The van der Waals surface area contributed by atoms with E-state index >= 15 is 0 Å². The molecule has 1 heterocycles. The standard InChI is InChI=1S/C39H44Cl2N4O8S/c1-39(2,3)53-38(51)44-32(21-24-8-13-27(14-9-24)52-28-15-10-25(11-16-28)36(47)48)35-43-33(29-17-12-26(40)22-30(29)41)23-45(35)19-6-5-7-34(46)42-31(37(49)50)18-20-54-4/h8-17,22-23,31-32H,5-7,18-21H2,1-4H3,(H,42,46)(H,44,51)(H,47,48)(H,49,50)/t31-,32-/m0/s1. The van der Waals surface area contributed by atoms with Gasteiger partial charge in [0, 0.05) is 36.2 Å². The number of rotatable bonds is 18. The third-order valence-corrected chi connectivity index (χ3v) is 9.21. The predicted octanol–water partition coefficient (Wildman–Crippen LogP) is 8.65. The van der Waals surface area contributed by atoms with Crippen LogP contribution in [0.15, 0.2) is 72.9 Å². The molecule has 0 saturated heterocycles. The smallest absolute Gasteiger partial charge is 0.408 e. The summed E-state index contributed by atoms with van der Waals surface area (Å²) in [4.78, 5) is 53.6. The third kappa shape index (κ3) is 13.0. The third-order valence-electron chi connectivity index (χ3n) is 8.01. The molecule has 0 aliphatic carbocycles. The Bertz CT molecular complexity index is 1910. The maximum atomic E-state index is 13.2. The van der Waals surface area contributed by atoms with E-state index in [2.05, 4.69) is 10.6 Å². The van der Waals surface area contributed by atoms with Crippen LogP contribution in [-0.2, 0) is 27.3 Å². The molecule has 288 valence electrons. The maximum absolute atomic E-state index is 13.2. The molecule has 0 saturated carbocycles. The Morgan fingerprint density at radius 2 is 1.59 bits per heavy atom. The predicted molar refractivity (Wildman–Crippen MR) is 210 cm³/mol. The molecule has 2 amide bonds. The largest absolute Gasteiger partial charge is 0.480 e. The van der Waals surface area contributed by atoms with Crippen LogP contribution in [0.25, 0.3) is 11.3 Å². The average Bonchev–Trinajstić information content (AvgIpc) is 3.52. The minimum absolute atomic E-state index is 0.140. The molecule has 0 aliphatic rings. The van der Waals surface area contributed by atoms with Crippen molar-refractivity contribution in [2.75, 3.05) is 12.0 Å². The number of hydrogen-bond acceptors (Lipinski definition) is 8. The van der Waals surface area contributed by atoms with E-state index < -0.39 is 35.7 Å². The molecule has 12 nitrogen and oxygen atoms in total. The van der Waals surface area contributed by atoms with E-state index in [9.17, 15) is 29.4 Å². The topological polar surface area (TPSA) is 169 Å². The summed E-state index contributed by atoms with van der Waals surface area (Å²) in [5.74, 6) is -0.288. The van der Waals surface area contributed by atoms with Gasteiger partial charge in [-0.15, -0.1) is 0 Å². The fourth-order valence-electron chi connectivity index (χ4n) is 5.43. The van der Waals surface area contributed by atoms with Crippen molar-refractivity contribution < 1.29 is 38.9 Å². The SMILES string of the molecule is CSCC[C@H](NC(=O)CCCCn1cc(-c2ccc(Cl)cc2Cl)nc1[C@H](Cc1ccc(Oc2ccc(C(=O)O)cc2)cc1)NC(=O)OC(C)(C)C)C(=O)O. The zero-order valence-corrected chi connectivity index (χ0v) is 32.8. The second-order valence-electron chi connectivity index (χ2n) is 13.5. The fraction of sp³-hybridized carbons (Fsp3) is 0.359. The molecule has 0 fully saturated rings. The highest BCUT2D eigenvalue weighted by atomic mass is 35.5. The summed E-state index contributed by atoms with van der Waals surface area (Å²) >= 11 is 14.3. The number of aromatic carboxylic acids is 1. The highest BCUT2D eigenvalue weighted by molar-refractivity contribution is 7.98. The molecule has 1 aromatic heterocycles. The van der Waals surface area contributed by atoms with Crippen molar-refractivity contribution >= 4 is 58.9 Å². The first-order valence-electron chi connectivity index (χ1n) is 17.2. The molecule has 54 heavy (non-hydrogen) atoms. The highest BCUT2D eigenvalue weighted by Crippen LogP contribution is 2.32. The normalized spacial score (nSPS) is 12.4. The Hall–Kier alpha value is -4.72. The van der Waals surface area contributed by atoms with Gasteiger partial charge in [0.2, 0.25) is 5.91 Å². The monoisotopic (exact) mass is 798 g/mol. The number of carbonyl (C=O) groups excluding carboxylic acids is 2. The van der Waals surface area contributed by atoms with Gasteiger partial charge in [0.25, 0.3) is 0 Å². The van der Waals surface area contributed by atoms with Crippen molar-refractivity contribution in [1.29, 1.82) is 0 Å². The van der Waals surface area contributed by atoms with Crippen LogP contribution in [0.2, 0.25) is 10.0 Å². The number of ether oxygens (including phenoxy) is 2. The van der Waals surface area contributed by atoms with Gasteiger partial charge in [-0.2, -0.15) is 11.8 Å². The van der Waals surface area contributed by atoms with Gasteiger partial charge < -0.3 is 34.9 Å². The van der Waals surface area contributed by atoms with Gasteiger partial charge in [-0.3, -0.25) is 4.79 Å². The first-order valence-corrected chi connectivity index (χ1v) is 19.4. The lowest BCUT2D eigenvalue weighted by Crippen LogP contribution is -2.41. The van der Waals surface area contributed by atoms with E-state index in [1.807, 2.05) is 29.2 Å². The number of aromatic nitrogens is 2. The van der Waals surface area contributed by atoms with Gasteiger partial charge in [-0.05, 0) is 112 Å². The lowest BCUT2D eigenvalue weighted by atomic mass is 10.0. The fourth-order valence-corrected chi connectivity index (χ4v) is 6.41. The number of halogens is 2. The molecule has 4 N–H and O–H groups in total. The number of imidazole rings is 1. The van der Waals surface area contributed by atoms with Gasteiger partial charge in [0.1, 0.15) is 29.0 Å². The lowest BCUT2D eigenvalue weighted by molar-refractivity contribution is -0.141. The number of carboxylic acid groups (broad SMARTS) is 2. The van der Waals surface area contributed by atoms with Crippen LogP contribution in [0, 0.1) is 0 Å². The van der Waals surface area contributed by atoms with Crippen molar-refractivity contribution in [2.45, 2.75) is 77.1 Å². The number of amides is 2. The number of aryl methyl sites for hydroxylation is 1. The number of carbonyl (C=O) groups is 4. The number of hydrogen-bond donors (Lipinski definition) is 4. The summed E-state index contributed by atoms with van der Waals surface area (Å²) in [5.41, 5.74) is 1.42. The molecule has 15 heteroatoms. The molecule has 2 atom stereocenters. The number of alkyl carbamates (subject to hydrolysis) is 1. The Morgan fingerprint density at radius 3 is 2.19 bits per heavy atom. The Kier molecular flexibility index (Phi) is 15.2. The first-order chi connectivity index (χ1) is 25.6. The van der Waals surface area contributed by atoms with Gasteiger partial charge in [0.05, 0.1) is 22.3 Å². The zero-order chi connectivity index (χ0) is 39.4. The molecule has 4 aromatic rings. The Balaban J connectivity index is 1.59. The summed E-state index contributed by atoms with van der Waals surface area (Å²) in [6, 6.07) is 16.8. The van der Waals surface area contributed by atoms with Gasteiger partial charge >= 0.3 is 18.0 Å². The van der Waals surface area contributed by atoms with Crippen LogP contribution >= 0.6 is 35.0 Å². The van der Waals surface area contributed by atoms with Crippen LogP contribution in [0.3, 0.4) is 0 Å². The van der Waals surface area contributed by atoms with Crippen LogP contribution < -0.4 is 15.4 Å². The number of aliphatic carboxylic acids is 1. The maximum Gasteiger partial charge on any atom is 0.408 e. The lowest BCUT2D eigenvalue weighted by Gasteiger charge is -2.24. The van der Waals surface area contributed by atoms with E-state index in [4.69, 9.17) is 37.7 Å². The van der Waals surface area contributed by atoms with Crippen LogP contribution in [0.4, 0.5) is 4.79 Å². The van der Waals surface area contributed by atoms with Crippen LogP contribution in [0.1, 0.15) is 74.2 Å². The second kappa shape index (κ2) is 19.6. The molecule has 0 bridgehead atoms. The van der Waals surface area contributed by atoms with Gasteiger partial charge in [0.15, 0.2) is 0 Å². The molecule has 4 rings (SSSR count). The summed E-state index contributed by atoms with van der Waals surface area (Å²) in [5, 5.41) is 25.1. The Morgan fingerprint density at radius 1 is 0.926 bits per heavy atom. The minimum atomic E-state index is -1.06. The number of nitrogens with one attached hydrogen (secondary N) is 2. The number of thioether (sulfide) groups is 1. The van der Waals surface area contributed by atoms with E-state index in [1.54, 1.807) is 63.2 Å². The molecule has 0 aliphatic heterocycles. The van der Waals surface area contributed by atoms with Crippen molar-refractivity contribution in [1.82, 2.24) is 20.2 Å². The van der Waals surface area contributed by atoms with Crippen molar-refractivity contribution in [3.05, 3.63) is 99.9 Å². The minimum Gasteiger partial charge on any atom is -0.480 e. The van der Waals surface area contributed by atoms with Crippen molar-refractivity contribution in [2.24, 2.45) is 0 Å². The number of unbranched alkanes of at least 4 members (excludes halogenated alkanes) is 1. The van der Waals surface area contributed by atoms with E-state index in [-0.39, 0.29) is 17.9 Å². The first kappa shape index (κ1) is 42.0. The quantitative estimate of drug-likeness (QED) is 0.0715. The number of carboxylic acids is 2. The summed E-state index contributed by atoms with van der Waals surface area (Å²) in [7, 11) is 0. The van der Waals surface area contributed by atoms with Gasteiger partial charge in [-0.25, -0.2) is 19.4 Å². The molecule has 0 spiro atoms. The summed E-state index contributed by atoms with van der Waals surface area (Å²) in [6.07, 6.45) is 4.89. The van der Waals surface area contributed by atoms with Gasteiger partial charge in [-0.1, -0.05) is 35.3 Å². The molecule has 3 aromatic carbocycles. The summed E-state index contributed by atoms with van der Waals surface area (Å²) < 4.78 is 13.5. The van der Waals surface area contributed by atoms with Crippen molar-refractivity contribution in [3.63, 3.8) is 0 Å².